The van der Waals surface area contributed by atoms with Crippen LogP contribution in [0.5, 0.6) is 0 Å². The first-order valence-corrected chi connectivity index (χ1v) is 10.6. The minimum absolute atomic E-state index is 0.282. The van der Waals surface area contributed by atoms with Crippen LogP contribution < -0.4 is 4.90 Å². The molecular weight excluding hydrogens is 442 g/mol. The third kappa shape index (κ3) is 3.59. The standard InChI is InChI=1S/C25H22BrNO3/c1-16-10-11-19(17(2)12-16)15-27-22-9-4-3-8-21(22)25(30,24(27)29)14-23(28)18-6-5-7-20(26)13-18/h3-13,30H,14-15H2,1-2H3/t25-/m0/s1. The molecule has 3 aromatic rings. The Hall–Kier alpha value is -2.76. The van der Waals surface area contributed by atoms with Crippen molar-refractivity contribution in [2.45, 2.75) is 32.4 Å². The number of anilines is 1. The van der Waals surface area contributed by atoms with E-state index < -0.39 is 11.5 Å². The molecular formula is C25H22BrNO3. The number of nitrogens with zero attached hydrogens (tertiary/aromatic N) is 1. The number of hydrogen-bond donors (Lipinski definition) is 1. The van der Waals surface area contributed by atoms with Crippen LogP contribution >= 0.6 is 15.9 Å². The van der Waals surface area contributed by atoms with Crippen LogP contribution in [0.3, 0.4) is 0 Å². The monoisotopic (exact) mass is 463 g/mol. The number of ketones is 1. The normalized spacial score (nSPS) is 17.9. The number of benzene rings is 3. The number of para-hydroxylation sites is 1. The molecule has 1 aliphatic rings. The van der Waals surface area contributed by atoms with Crippen molar-refractivity contribution in [3.05, 3.63) is 99.0 Å². The summed E-state index contributed by atoms with van der Waals surface area (Å²) >= 11 is 3.36. The summed E-state index contributed by atoms with van der Waals surface area (Å²) in [7, 11) is 0. The molecule has 0 aliphatic carbocycles. The summed E-state index contributed by atoms with van der Waals surface area (Å²) in [6.45, 7) is 4.38. The van der Waals surface area contributed by atoms with Gasteiger partial charge in [-0.25, -0.2) is 0 Å². The Bertz CT molecular complexity index is 1160. The average molecular weight is 464 g/mol. The lowest BCUT2D eigenvalue weighted by atomic mass is 9.88. The van der Waals surface area contributed by atoms with E-state index in [1.807, 2.05) is 44.2 Å². The van der Waals surface area contributed by atoms with Gasteiger partial charge in [-0.3, -0.25) is 9.59 Å². The predicted octanol–water partition coefficient (Wildman–Crippen LogP) is 5.07. The molecule has 152 valence electrons. The Labute approximate surface area is 184 Å². The maximum absolute atomic E-state index is 13.4. The summed E-state index contributed by atoms with van der Waals surface area (Å²) in [4.78, 5) is 27.9. The van der Waals surface area contributed by atoms with E-state index in [2.05, 4.69) is 22.0 Å². The Morgan fingerprint density at radius 3 is 2.53 bits per heavy atom. The second-order valence-electron chi connectivity index (χ2n) is 7.81. The molecule has 0 saturated heterocycles. The average Bonchev–Trinajstić information content (AvgIpc) is 2.92. The molecule has 0 aromatic heterocycles. The number of fused-ring (bicyclic) bond motifs is 1. The number of carbonyl (C=O) groups is 2. The van der Waals surface area contributed by atoms with Gasteiger partial charge in [-0.15, -0.1) is 0 Å². The van der Waals surface area contributed by atoms with E-state index in [4.69, 9.17) is 0 Å². The molecule has 0 radical (unpaired) electrons. The molecule has 4 rings (SSSR count). The number of aliphatic hydroxyl groups is 1. The molecule has 0 saturated carbocycles. The first kappa shape index (κ1) is 20.5. The fraction of sp³-hybridized carbons (Fsp3) is 0.200. The molecule has 0 fully saturated rings. The van der Waals surface area contributed by atoms with E-state index in [1.54, 1.807) is 35.2 Å². The Morgan fingerprint density at radius 1 is 1.03 bits per heavy atom. The maximum Gasteiger partial charge on any atom is 0.264 e. The second kappa shape index (κ2) is 7.82. The molecule has 4 nitrogen and oxygen atoms in total. The van der Waals surface area contributed by atoms with E-state index in [0.717, 1.165) is 21.2 Å². The van der Waals surface area contributed by atoms with Crippen molar-refractivity contribution in [1.82, 2.24) is 0 Å². The summed E-state index contributed by atoms with van der Waals surface area (Å²) in [5.74, 6) is -0.748. The van der Waals surface area contributed by atoms with Crippen molar-refractivity contribution in [2.75, 3.05) is 4.90 Å². The number of rotatable bonds is 5. The number of aryl methyl sites for hydroxylation is 2. The molecule has 1 N–H and O–H groups in total. The smallest absolute Gasteiger partial charge is 0.264 e. The first-order valence-electron chi connectivity index (χ1n) is 9.78. The molecule has 1 heterocycles. The number of carbonyl (C=O) groups excluding carboxylic acids is 2. The van der Waals surface area contributed by atoms with Crippen molar-refractivity contribution in [2.24, 2.45) is 0 Å². The summed E-state index contributed by atoms with van der Waals surface area (Å²) in [6.07, 6.45) is -0.303. The molecule has 1 atom stereocenters. The van der Waals surface area contributed by atoms with E-state index in [-0.39, 0.29) is 12.2 Å². The summed E-state index contributed by atoms with van der Waals surface area (Å²) in [5, 5.41) is 11.5. The molecule has 0 bridgehead atoms. The Balaban J connectivity index is 1.69. The van der Waals surface area contributed by atoms with Gasteiger partial charge in [0.25, 0.3) is 5.91 Å². The van der Waals surface area contributed by atoms with Crippen molar-refractivity contribution in [1.29, 1.82) is 0 Å². The minimum Gasteiger partial charge on any atom is -0.375 e. The van der Waals surface area contributed by atoms with Gasteiger partial charge in [-0.05, 0) is 43.2 Å². The fourth-order valence-electron chi connectivity index (χ4n) is 4.02. The molecule has 3 aromatic carbocycles. The van der Waals surface area contributed by atoms with Crippen LogP contribution in [0, 0.1) is 13.8 Å². The van der Waals surface area contributed by atoms with E-state index in [9.17, 15) is 14.7 Å². The molecule has 5 heteroatoms. The van der Waals surface area contributed by atoms with Gasteiger partial charge in [-0.2, -0.15) is 0 Å². The number of Topliss-reactive ketones (excluding diaryl/α,β-unsaturated/α-hetero) is 1. The van der Waals surface area contributed by atoms with Crippen molar-refractivity contribution in [3.63, 3.8) is 0 Å². The van der Waals surface area contributed by atoms with Crippen molar-refractivity contribution >= 4 is 33.3 Å². The van der Waals surface area contributed by atoms with Crippen molar-refractivity contribution in [3.8, 4) is 0 Å². The highest BCUT2D eigenvalue weighted by Crippen LogP contribution is 2.43. The van der Waals surface area contributed by atoms with Crippen LogP contribution in [0.4, 0.5) is 5.69 Å². The van der Waals surface area contributed by atoms with Gasteiger partial charge >= 0.3 is 0 Å². The lowest BCUT2D eigenvalue weighted by Crippen LogP contribution is -2.41. The highest BCUT2D eigenvalue weighted by Gasteiger charge is 2.50. The van der Waals surface area contributed by atoms with Crippen LogP contribution in [0.2, 0.25) is 0 Å². The SMILES string of the molecule is Cc1ccc(CN2C(=O)[C@](O)(CC(=O)c3cccc(Br)c3)c3ccccc32)c(C)c1. The van der Waals surface area contributed by atoms with Crippen LogP contribution in [0.15, 0.2) is 71.2 Å². The van der Waals surface area contributed by atoms with Crippen LogP contribution in [-0.4, -0.2) is 16.8 Å². The Kier molecular flexibility index (Phi) is 5.35. The molecule has 1 aliphatic heterocycles. The van der Waals surface area contributed by atoms with E-state index >= 15 is 0 Å². The van der Waals surface area contributed by atoms with Gasteiger partial charge in [0.15, 0.2) is 11.4 Å². The zero-order chi connectivity index (χ0) is 21.5. The zero-order valence-corrected chi connectivity index (χ0v) is 18.4. The highest BCUT2D eigenvalue weighted by molar-refractivity contribution is 9.10. The zero-order valence-electron chi connectivity index (χ0n) is 16.9. The van der Waals surface area contributed by atoms with Gasteiger partial charge in [0.2, 0.25) is 0 Å². The lowest BCUT2D eigenvalue weighted by molar-refractivity contribution is -0.136. The van der Waals surface area contributed by atoms with Gasteiger partial charge < -0.3 is 10.0 Å². The maximum atomic E-state index is 13.4. The highest BCUT2D eigenvalue weighted by atomic mass is 79.9. The van der Waals surface area contributed by atoms with Gasteiger partial charge in [0.05, 0.1) is 18.7 Å². The topological polar surface area (TPSA) is 57.6 Å². The van der Waals surface area contributed by atoms with Gasteiger partial charge in [0, 0.05) is 15.6 Å². The predicted molar refractivity (Wildman–Crippen MR) is 121 cm³/mol. The second-order valence-corrected chi connectivity index (χ2v) is 8.72. The first-order chi connectivity index (χ1) is 14.3. The van der Waals surface area contributed by atoms with Crippen LogP contribution in [0.1, 0.15) is 39.0 Å². The molecule has 1 amide bonds. The van der Waals surface area contributed by atoms with Gasteiger partial charge in [-0.1, -0.05) is 70.0 Å². The Morgan fingerprint density at radius 2 is 1.80 bits per heavy atom. The molecule has 0 unspecified atom stereocenters. The number of hydrogen-bond acceptors (Lipinski definition) is 3. The van der Waals surface area contributed by atoms with Crippen molar-refractivity contribution < 1.29 is 14.7 Å². The summed E-state index contributed by atoms with van der Waals surface area (Å²) < 4.78 is 0.773. The summed E-state index contributed by atoms with van der Waals surface area (Å²) in [6, 6.07) is 20.2. The molecule has 0 spiro atoms. The summed E-state index contributed by atoms with van der Waals surface area (Å²) in [5.41, 5.74) is 2.94. The third-order valence-electron chi connectivity index (χ3n) is 5.63. The lowest BCUT2D eigenvalue weighted by Gasteiger charge is -2.23. The van der Waals surface area contributed by atoms with E-state index in [1.165, 1.54) is 0 Å². The van der Waals surface area contributed by atoms with Crippen LogP contribution in [-0.2, 0) is 16.9 Å². The molecule has 30 heavy (non-hydrogen) atoms. The quantitative estimate of drug-likeness (QED) is 0.537. The minimum atomic E-state index is -1.88. The fourth-order valence-corrected chi connectivity index (χ4v) is 4.42. The van der Waals surface area contributed by atoms with E-state index in [0.29, 0.717) is 23.4 Å². The van der Waals surface area contributed by atoms with Gasteiger partial charge in [0.1, 0.15) is 0 Å². The number of halogens is 1. The number of amides is 1. The van der Waals surface area contributed by atoms with Crippen LogP contribution in [0.25, 0.3) is 0 Å². The largest absolute Gasteiger partial charge is 0.375 e. The third-order valence-corrected chi connectivity index (χ3v) is 6.12.